The number of aryl methyl sites for hydroxylation is 1. The van der Waals surface area contributed by atoms with E-state index in [2.05, 4.69) is 6.58 Å². The van der Waals surface area contributed by atoms with Gasteiger partial charge in [0.05, 0.1) is 24.0 Å². The first-order valence-corrected chi connectivity index (χ1v) is 5.88. The van der Waals surface area contributed by atoms with E-state index in [4.69, 9.17) is 14.9 Å². The average molecular weight is 264 g/mol. The zero-order valence-corrected chi connectivity index (χ0v) is 10.5. The van der Waals surface area contributed by atoms with E-state index >= 15 is 0 Å². The number of unbranched alkanes of at least 4 members (excludes halogenated alkanes) is 1. The molecule has 0 heterocycles. The van der Waals surface area contributed by atoms with Crippen molar-refractivity contribution in [1.82, 2.24) is 0 Å². The highest BCUT2D eigenvalue weighted by atomic mass is 16.5. The number of ether oxygens (including phenoxy) is 1. The van der Waals surface area contributed by atoms with Gasteiger partial charge in [0.15, 0.2) is 0 Å². The topological polar surface area (TPSA) is 83.8 Å². The summed E-state index contributed by atoms with van der Waals surface area (Å²) < 4.78 is 4.96. The molecule has 1 aromatic rings. The zero-order chi connectivity index (χ0) is 14.3. The van der Waals surface area contributed by atoms with Crippen molar-refractivity contribution < 1.29 is 24.5 Å². The Labute approximate surface area is 111 Å². The molecular formula is C14H16O5. The van der Waals surface area contributed by atoms with Gasteiger partial charge < -0.3 is 14.9 Å². The maximum absolute atomic E-state index is 11.1. The van der Waals surface area contributed by atoms with E-state index < -0.39 is 11.9 Å². The predicted molar refractivity (Wildman–Crippen MR) is 69.4 cm³/mol. The molecule has 0 aliphatic carbocycles. The van der Waals surface area contributed by atoms with Gasteiger partial charge in [-0.15, -0.1) is 0 Å². The van der Waals surface area contributed by atoms with Crippen molar-refractivity contribution in [2.45, 2.75) is 19.3 Å². The number of hydrogen-bond acceptors (Lipinski definition) is 3. The summed E-state index contributed by atoms with van der Waals surface area (Å²) in [7, 11) is 0. The molecular weight excluding hydrogens is 248 g/mol. The number of hydrogen-bond donors (Lipinski definition) is 2. The van der Waals surface area contributed by atoms with Crippen molar-refractivity contribution >= 4 is 11.9 Å². The van der Waals surface area contributed by atoms with Gasteiger partial charge in [0, 0.05) is 0 Å². The van der Waals surface area contributed by atoms with Crippen LogP contribution in [0.1, 0.15) is 39.1 Å². The third-order valence-electron chi connectivity index (χ3n) is 2.66. The number of rotatable bonds is 8. The molecule has 1 aromatic carbocycles. The lowest BCUT2D eigenvalue weighted by molar-refractivity contribution is 0.0680. The minimum absolute atomic E-state index is 0.0994. The van der Waals surface area contributed by atoms with Crippen LogP contribution in [0, 0.1) is 0 Å². The molecule has 0 fully saturated rings. The van der Waals surface area contributed by atoms with Gasteiger partial charge in [0.1, 0.15) is 0 Å². The molecule has 102 valence electrons. The lowest BCUT2D eigenvalue weighted by Gasteiger charge is -2.07. The Kier molecular flexibility index (Phi) is 5.60. The Morgan fingerprint density at radius 2 is 1.95 bits per heavy atom. The summed E-state index contributed by atoms with van der Waals surface area (Å²) in [6.45, 7) is 3.94. The molecule has 2 N–H and O–H groups in total. The van der Waals surface area contributed by atoms with Crippen molar-refractivity contribution in [1.29, 1.82) is 0 Å². The summed E-state index contributed by atoms with van der Waals surface area (Å²) in [5.74, 6) is -2.11. The van der Waals surface area contributed by atoms with E-state index in [0.29, 0.717) is 18.6 Å². The molecule has 0 atom stereocenters. The van der Waals surface area contributed by atoms with E-state index in [0.717, 1.165) is 12.8 Å². The molecule has 0 saturated carbocycles. The smallest absolute Gasteiger partial charge is 0.335 e. The molecule has 0 aliphatic heterocycles. The monoisotopic (exact) mass is 264 g/mol. The van der Waals surface area contributed by atoms with Crippen LogP contribution in [0.4, 0.5) is 0 Å². The Morgan fingerprint density at radius 3 is 2.53 bits per heavy atom. The van der Waals surface area contributed by atoms with Crippen molar-refractivity contribution in [3.05, 3.63) is 47.7 Å². The molecule has 0 radical (unpaired) electrons. The van der Waals surface area contributed by atoms with Crippen LogP contribution in [-0.2, 0) is 11.2 Å². The van der Waals surface area contributed by atoms with Gasteiger partial charge in [-0.3, -0.25) is 0 Å². The largest absolute Gasteiger partial charge is 0.502 e. The van der Waals surface area contributed by atoms with E-state index in [1.807, 2.05) is 0 Å². The van der Waals surface area contributed by atoms with Crippen LogP contribution in [0.5, 0.6) is 0 Å². The molecule has 0 aliphatic rings. The number of benzene rings is 1. The summed E-state index contributed by atoms with van der Waals surface area (Å²) >= 11 is 0. The van der Waals surface area contributed by atoms with Gasteiger partial charge in [0.25, 0.3) is 0 Å². The molecule has 1 rings (SSSR count). The highest BCUT2D eigenvalue weighted by Crippen LogP contribution is 2.15. The van der Waals surface area contributed by atoms with E-state index in [-0.39, 0.29) is 11.1 Å². The van der Waals surface area contributed by atoms with Gasteiger partial charge in [-0.1, -0.05) is 6.58 Å². The van der Waals surface area contributed by atoms with E-state index in [1.54, 1.807) is 0 Å². The first-order chi connectivity index (χ1) is 9.06. The highest BCUT2D eigenvalue weighted by Gasteiger charge is 2.13. The predicted octanol–water partition coefficient (Wildman–Crippen LogP) is 2.57. The third kappa shape index (κ3) is 4.46. The second-order valence-electron chi connectivity index (χ2n) is 3.98. The Hall–Kier alpha value is -2.30. The molecule has 0 bridgehead atoms. The third-order valence-corrected chi connectivity index (χ3v) is 2.66. The van der Waals surface area contributed by atoms with Gasteiger partial charge in [0.2, 0.25) is 0 Å². The number of carboxylic acid groups (broad SMARTS) is 2. The fourth-order valence-electron chi connectivity index (χ4n) is 1.73. The number of aromatic carboxylic acids is 2. The van der Waals surface area contributed by atoms with E-state index in [9.17, 15) is 9.59 Å². The molecule has 0 saturated heterocycles. The van der Waals surface area contributed by atoms with Crippen LogP contribution in [-0.4, -0.2) is 28.8 Å². The lowest BCUT2D eigenvalue weighted by Crippen LogP contribution is -2.06. The quantitative estimate of drug-likeness (QED) is 0.557. The Balaban J connectivity index is 2.77. The first-order valence-electron chi connectivity index (χ1n) is 5.88. The van der Waals surface area contributed by atoms with Crippen LogP contribution < -0.4 is 0 Å². The SMILES string of the molecule is C=COCCCCc1cc(C(=O)O)ccc1C(=O)O. The van der Waals surface area contributed by atoms with Gasteiger partial charge in [-0.25, -0.2) is 9.59 Å². The summed E-state index contributed by atoms with van der Waals surface area (Å²) in [5.41, 5.74) is 0.781. The molecule has 5 heteroatoms. The van der Waals surface area contributed by atoms with Gasteiger partial charge in [-0.2, -0.15) is 0 Å². The lowest BCUT2D eigenvalue weighted by atomic mass is 9.99. The van der Waals surface area contributed by atoms with Gasteiger partial charge in [-0.05, 0) is 43.0 Å². The fraction of sp³-hybridized carbons (Fsp3) is 0.286. The number of carbonyl (C=O) groups is 2. The Morgan fingerprint density at radius 1 is 1.21 bits per heavy atom. The second-order valence-corrected chi connectivity index (χ2v) is 3.98. The van der Waals surface area contributed by atoms with Crippen LogP contribution >= 0.6 is 0 Å². The molecule has 19 heavy (non-hydrogen) atoms. The summed E-state index contributed by atoms with van der Waals surface area (Å²) in [4.78, 5) is 21.9. The molecule has 0 spiro atoms. The minimum atomic E-state index is -1.06. The zero-order valence-electron chi connectivity index (χ0n) is 10.5. The average Bonchev–Trinajstić information content (AvgIpc) is 2.38. The van der Waals surface area contributed by atoms with Crippen molar-refractivity contribution in [3.8, 4) is 0 Å². The van der Waals surface area contributed by atoms with Crippen LogP contribution in [0.3, 0.4) is 0 Å². The summed E-state index contributed by atoms with van der Waals surface area (Å²) in [6.07, 6.45) is 3.33. The van der Waals surface area contributed by atoms with Crippen LogP contribution in [0.2, 0.25) is 0 Å². The van der Waals surface area contributed by atoms with Crippen molar-refractivity contribution in [2.75, 3.05) is 6.61 Å². The minimum Gasteiger partial charge on any atom is -0.502 e. The van der Waals surface area contributed by atoms with Crippen molar-refractivity contribution in [3.63, 3.8) is 0 Å². The molecule has 0 unspecified atom stereocenters. The summed E-state index contributed by atoms with van der Waals surface area (Å²) in [5, 5.41) is 18.0. The first kappa shape index (κ1) is 14.8. The summed E-state index contributed by atoms with van der Waals surface area (Å²) in [6, 6.07) is 4.05. The van der Waals surface area contributed by atoms with Gasteiger partial charge >= 0.3 is 11.9 Å². The van der Waals surface area contributed by atoms with Crippen LogP contribution in [0.25, 0.3) is 0 Å². The normalized spacial score (nSPS) is 9.89. The second kappa shape index (κ2) is 7.20. The molecule has 0 aromatic heterocycles. The molecule has 0 amide bonds. The molecule has 5 nitrogen and oxygen atoms in total. The maximum atomic E-state index is 11.1. The number of carboxylic acids is 2. The standard InChI is InChI=1S/C14H16O5/c1-2-19-8-4-3-5-10-9-11(13(15)16)6-7-12(10)14(17)18/h2,6-7,9H,1,3-5,8H2,(H,15,16)(H,17,18). The fourth-order valence-corrected chi connectivity index (χ4v) is 1.73. The maximum Gasteiger partial charge on any atom is 0.335 e. The van der Waals surface area contributed by atoms with E-state index in [1.165, 1.54) is 24.5 Å². The van der Waals surface area contributed by atoms with Crippen molar-refractivity contribution in [2.24, 2.45) is 0 Å². The Bertz CT molecular complexity index is 479. The highest BCUT2D eigenvalue weighted by molar-refractivity contribution is 5.93. The van der Waals surface area contributed by atoms with Crippen LogP contribution in [0.15, 0.2) is 31.0 Å².